The Morgan fingerprint density at radius 3 is 2.71 bits per heavy atom. The molecule has 0 aliphatic heterocycles. The Bertz CT molecular complexity index is 476. The summed E-state index contributed by atoms with van der Waals surface area (Å²) in [5.41, 5.74) is 1.92. The van der Waals surface area contributed by atoms with Crippen LogP contribution in [0.3, 0.4) is 0 Å². The van der Waals surface area contributed by atoms with Crippen LogP contribution in [0.5, 0.6) is 5.75 Å². The molecule has 0 unspecified atom stereocenters. The van der Waals surface area contributed by atoms with Gasteiger partial charge in [0.25, 0.3) is 0 Å². The second kappa shape index (κ2) is 5.47. The number of aryl methyl sites for hydroxylation is 2. The maximum absolute atomic E-state index is 5.66. The fourth-order valence-corrected chi connectivity index (χ4v) is 2.33. The van der Waals surface area contributed by atoms with Gasteiger partial charge in [-0.3, -0.25) is 4.98 Å². The minimum absolute atomic E-state index is 0.422. The number of alkyl halides is 1. The van der Waals surface area contributed by atoms with Crippen molar-refractivity contribution >= 4 is 22.9 Å². The quantitative estimate of drug-likeness (QED) is 0.797. The van der Waals surface area contributed by atoms with Gasteiger partial charge in [-0.25, -0.2) is 4.98 Å². The van der Waals surface area contributed by atoms with Crippen LogP contribution in [0.1, 0.15) is 21.3 Å². The van der Waals surface area contributed by atoms with Crippen molar-refractivity contribution in [1.82, 2.24) is 9.97 Å². The van der Waals surface area contributed by atoms with Crippen molar-refractivity contribution < 1.29 is 4.74 Å². The van der Waals surface area contributed by atoms with Crippen LogP contribution < -0.4 is 4.74 Å². The lowest BCUT2D eigenvalue weighted by Gasteiger charge is -2.03. The van der Waals surface area contributed by atoms with Gasteiger partial charge < -0.3 is 4.74 Å². The van der Waals surface area contributed by atoms with E-state index in [1.165, 1.54) is 4.88 Å². The molecular weight excluding hydrogens is 256 g/mol. The van der Waals surface area contributed by atoms with E-state index in [1.54, 1.807) is 17.5 Å². The Morgan fingerprint density at radius 1 is 1.35 bits per heavy atom. The molecule has 0 atom stereocenters. The lowest BCUT2D eigenvalue weighted by atomic mass is 10.4. The molecule has 0 fully saturated rings. The summed E-state index contributed by atoms with van der Waals surface area (Å²) in [5, 5.41) is 0.987. The first kappa shape index (κ1) is 12.3. The van der Waals surface area contributed by atoms with E-state index >= 15 is 0 Å². The Kier molecular flexibility index (Phi) is 3.97. The van der Waals surface area contributed by atoms with Crippen molar-refractivity contribution in [2.24, 2.45) is 0 Å². The highest BCUT2D eigenvalue weighted by molar-refractivity contribution is 7.11. The molecule has 0 amide bonds. The molecule has 0 aliphatic rings. The molecule has 90 valence electrons. The average molecular weight is 269 g/mol. The molecule has 0 spiro atoms. The van der Waals surface area contributed by atoms with Crippen LogP contribution in [0, 0.1) is 13.8 Å². The van der Waals surface area contributed by atoms with Gasteiger partial charge in [0.15, 0.2) is 0 Å². The highest BCUT2D eigenvalue weighted by Crippen LogP contribution is 2.19. The highest BCUT2D eigenvalue weighted by atomic mass is 35.5. The van der Waals surface area contributed by atoms with Gasteiger partial charge in [-0.1, -0.05) is 0 Å². The minimum Gasteiger partial charge on any atom is -0.485 e. The number of halogens is 1. The molecule has 0 radical (unpaired) electrons. The summed E-state index contributed by atoms with van der Waals surface area (Å²) >= 11 is 7.32. The fraction of sp³-hybridized carbons (Fsp3) is 0.333. The van der Waals surface area contributed by atoms with E-state index in [4.69, 9.17) is 16.3 Å². The zero-order chi connectivity index (χ0) is 12.3. The number of pyridine rings is 1. The van der Waals surface area contributed by atoms with Crippen LogP contribution in [-0.2, 0) is 12.5 Å². The summed E-state index contributed by atoms with van der Waals surface area (Å²) in [5.74, 6) is 1.16. The normalized spacial score (nSPS) is 10.5. The van der Waals surface area contributed by atoms with Crippen LogP contribution in [0.2, 0.25) is 0 Å². The van der Waals surface area contributed by atoms with Gasteiger partial charge in [-0.05, 0) is 26.0 Å². The molecule has 2 heterocycles. The summed E-state index contributed by atoms with van der Waals surface area (Å²) in [4.78, 5) is 9.80. The first-order valence-corrected chi connectivity index (χ1v) is 6.60. The van der Waals surface area contributed by atoms with Crippen molar-refractivity contribution in [3.63, 3.8) is 0 Å². The second-order valence-electron chi connectivity index (χ2n) is 3.66. The zero-order valence-electron chi connectivity index (χ0n) is 9.74. The highest BCUT2D eigenvalue weighted by Gasteiger charge is 2.04. The summed E-state index contributed by atoms with van der Waals surface area (Å²) in [6.45, 7) is 4.56. The lowest BCUT2D eigenvalue weighted by molar-refractivity contribution is 0.304. The van der Waals surface area contributed by atoms with E-state index in [-0.39, 0.29) is 0 Å². The van der Waals surface area contributed by atoms with Gasteiger partial charge in [0.05, 0.1) is 23.5 Å². The fourth-order valence-electron chi connectivity index (χ4n) is 1.32. The SMILES string of the molecule is Cc1nc(COc2ccc(CCl)nc2)sc1C. The molecule has 5 heteroatoms. The van der Waals surface area contributed by atoms with Gasteiger partial charge in [0.2, 0.25) is 0 Å². The van der Waals surface area contributed by atoms with Crippen LogP contribution in [0.15, 0.2) is 18.3 Å². The van der Waals surface area contributed by atoms with E-state index < -0.39 is 0 Å². The van der Waals surface area contributed by atoms with Gasteiger partial charge in [0.1, 0.15) is 17.4 Å². The van der Waals surface area contributed by atoms with Crippen molar-refractivity contribution in [2.75, 3.05) is 0 Å². The molecule has 0 aliphatic carbocycles. The summed E-state index contributed by atoms with van der Waals surface area (Å²) in [7, 11) is 0. The van der Waals surface area contributed by atoms with Gasteiger partial charge in [0, 0.05) is 4.88 Å². The van der Waals surface area contributed by atoms with E-state index in [1.807, 2.05) is 19.1 Å². The first-order valence-electron chi connectivity index (χ1n) is 5.25. The predicted molar refractivity (Wildman–Crippen MR) is 69.7 cm³/mol. The third-order valence-electron chi connectivity index (χ3n) is 2.37. The molecule has 3 nitrogen and oxygen atoms in total. The number of thiazole rings is 1. The molecule has 17 heavy (non-hydrogen) atoms. The largest absolute Gasteiger partial charge is 0.485 e. The van der Waals surface area contributed by atoms with E-state index in [2.05, 4.69) is 16.9 Å². The maximum atomic E-state index is 5.66. The summed E-state index contributed by atoms with van der Waals surface area (Å²) in [6, 6.07) is 3.73. The topological polar surface area (TPSA) is 35.0 Å². The molecule has 2 rings (SSSR count). The number of nitrogens with zero attached hydrogens (tertiary/aromatic N) is 2. The number of aromatic nitrogens is 2. The van der Waals surface area contributed by atoms with Crippen molar-refractivity contribution in [3.8, 4) is 5.75 Å². The Balaban J connectivity index is 1.97. The molecule has 2 aromatic rings. The zero-order valence-corrected chi connectivity index (χ0v) is 11.3. The first-order chi connectivity index (χ1) is 8.19. The predicted octanol–water partition coefficient (Wildman–Crippen LogP) is 3.47. The summed E-state index contributed by atoms with van der Waals surface area (Å²) in [6.07, 6.45) is 1.69. The van der Waals surface area contributed by atoms with Gasteiger partial charge in [-0.2, -0.15) is 0 Å². The molecule has 0 saturated heterocycles. The minimum atomic E-state index is 0.422. The van der Waals surface area contributed by atoms with Crippen molar-refractivity contribution in [2.45, 2.75) is 26.3 Å². The number of hydrogen-bond donors (Lipinski definition) is 0. The van der Waals surface area contributed by atoms with E-state index in [9.17, 15) is 0 Å². The van der Waals surface area contributed by atoms with Crippen molar-refractivity contribution in [3.05, 3.63) is 39.6 Å². The standard InChI is InChI=1S/C12H13ClN2OS/c1-8-9(2)17-12(15-8)7-16-11-4-3-10(5-13)14-6-11/h3-4,6H,5,7H2,1-2H3. The van der Waals surface area contributed by atoms with E-state index in [0.29, 0.717) is 12.5 Å². The van der Waals surface area contributed by atoms with Gasteiger partial charge >= 0.3 is 0 Å². The lowest BCUT2D eigenvalue weighted by Crippen LogP contribution is -1.96. The number of rotatable bonds is 4. The van der Waals surface area contributed by atoms with Crippen molar-refractivity contribution in [1.29, 1.82) is 0 Å². The monoisotopic (exact) mass is 268 g/mol. The second-order valence-corrected chi connectivity index (χ2v) is 5.21. The maximum Gasteiger partial charge on any atom is 0.140 e. The van der Waals surface area contributed by atoms with Crippen LogP contribution in [-0.4, -0.2) is 9.97 Å². The smallest absolute Gasteiger partial charge is 0.140 e. The van der Waals surface area contributed by atoms with Gasteiger partial charge in [-0.15, -0.1) is 22.9 Å². The van der Waals surface area contributed by atoms with E-state index in [0.717, 1.165) is 22.1 Å². The molecule has 2 aromatic heterocycles. The van der Waals surface area contributed by atoms with Crippen LogP contribution in [0.4, 0.5) is 0 Å². The molecule has 0 aromatic carbocycles. The molecule has 0 bridgehead atoms. The number of hydrogen-bond acceptors (Lipinski definition) is 4. The van der Waals surface area contributed by atoms with Crippen LogP contribution >= 0.6 is 22.9 Å². The average Bonchev–Trinajstić information content (AvgIpc) is 2.67. The molecule has 0 N–H and O–H groups in total. The van der Waals surface area contributed by atoms with Crippen LogP contribution in [0.25, 0.3) is 0 Å². The third kappa shape index (κ3) is 3.17. The number of ether oxygens (including phenoxy) is 1. The third-order valence-corrected chi connectivity index (χ3v) is 3.69. The molecular formula is C12H13ClN2OS. The Morgan fingerprint density at radius 2 is 2.18 bits per heavy atom. The molecule has 0 saturated carbocycles. The Hall–Kier alpha value is -1.13. The summed E-state index contributed by atoms with van der Waals surface area (Å²) < 4.78 is 5.60. The Labute approximate surface area is 109 Å².